The molecule has 1 atom stereocenters. The molecule has 1 unspecified atom stereocenters. The maximum absolute atomic E-state index is 13.1. The van der Waals surface area contributed by atoms with Crippen LogP contribution in [0.3, 0.4) is 0 Å². The Labute approximate surface area is 164 Å². The van der Waals surface area contributed by atoms with Gasteiger partial charge in [-0.05, 0) is 13.8 Å². The van der Waals surface area contributed by atoms with Crippen LogP contribution in [0.25, 0.3) is 11.4 Å². The summed E-state index contributed by atoms with van der Waals surface area (Å²) < 4.78 is 1.96. The van der Waals surface area contributed by atoms with E-state index in [4.69, 9.17) is 0 Å². The predicted molar refractivity (Wildman–Crippen MR) is 108 cm³/mol. The number of carbonyl (C=O) groups is 1. The van der Waals surface area contributed by atoms with Gasteiger partial charge in [-0.2, -0.15) is 0 Å². The van der Waals surface area contributed by atoms with Crippen molar-refractivity contribution in [3.8, 4) is 11.4 Å². The Balaban J connectivity index is 1.45. The van der Waals surface area contributed by atoms with Gasteiger partial charge < -0.3 is 14.4 Å². The highest BCUT2D eigenvalue weighted by molar-refractivity contribution is 5.81. The minimum atomic E-state index is -0.303. The first-order valence-corrected chi connectivity index (χ1v) is 9.55. The molecule has 1 aliphatic heterocycles. The number of imidazole rings is 1. The second-order valence-electron chi connectivity index (χ2n) is 6.98. The molecule has 4 rings (SSSR count). The van der Waals surface area contributed by atoms with Crippen LogP contribution in [0.5, 0.6) is 0 Å². The normalized spacial score (nSPS) is 15.5. The SMILES string of the molecule is Cc1nccnc1N1CCN(C(=O)C(C)n2ccnc2-c2ccccc2)CC1. The fraction of sp³-hybridized carbons (Fsp3) is 0.333. The van der Waals surface area contributed by atoms with Gasteiger partial charge in [0.25, 0.3) is 0 Å². The van der Waals surface area contributed by atoms with Gasteiger partial charge in [0, 0.05) is 56.5 Å². The van der Waals surface area contributed by atoms with E-state index in [0.717, 1.165) is 36.0 Å². The van der Waals surface area contributed by atoms with Crippen molar-refractivity contribution in [2.24, 2.45) is 0 Å². The van der Waals surface area contributed by atoms with Gasteiger partial charge in [-0.25, -0.2) is 9.97 Å². The summed E-state index contributed by atoms with van der Waals surface area (Å²) in [5, 5.41) is 0. The first kappa shape index (κ1) is 18.2. The van der Waals surface area contributed by atoms with Crippen molar-refractivity contribution in [2.75, 3.05) is 31.1 Å². The highest BCUT2D eigenvalue weighted by Crippen LogP contribution is 2.23. The zero-order valence-corrected chi connectivity index (χ0v) is 16.2. The third kappa shape index (κ3) is 3.47. The van der Waals surface area contributed by atoms with E-state index in [2.05, 4.69) is 19.9 Å². The number of hydrogen-bond donors (Lipinski definition) is 0. The molecular formula is C21H24N6O. The van der Waals surface area contributed by atoms with Gasteiger partial charge in [-0.15, -0.1) is 0 Å². The maximum atomic E-state index is 13.1. The molecule has 3 aromatic rings. The van der Waals surface area contributed by atoms with E-state index in [1.807, 2.05) is 59.8 Å². The predicted octanol–water partition coefficient (Wildman–Crippen LogP) is 2.56. The molecule has 28 heavy (non-hydrogen) atoms. The zero-order valence-electron chi connectivity index (χ0n) is 16.2. The molecule has 0 saturated carbocycles. The fourth-order valence-corrected chi connectivity index (χ4v) is 3.67. The van der Waals surface area contributed by atoms with Crippen molar-refractivity contribution >= 4 is 11.7 Å². The highest BCUT2D eigenvalue weighted by atomic mass is 16.2. The van der Waals surface area contributed by atoms with E-state index in [1.165, 1.54) is 0 Å². The van der Waals surface area contributed by atoms with Gasteiger partial charge in [-0.1, -0.05) is 30.3 Å². The van der Waals surface area contributed by atoms with Crippen LogP contribution >= 0.6 is 0 Å². The van der Waals surface area contributed by atoms with E-state index in [0.29, 0.717) is 13.1 Å². The molecule has 0 aliphatic carbocycles. The van der Waals surface area contributed by atoms with Gasteiger partial charge in [0.2, 0.25) is 5.91 Å². The minimum Gasteiger partial charge on any atom is -0.352 e. The first-order valence-electron chi connectivity index (χ1n) is 9.55. The average Bonchev–Trinajstić information content (AvgIpc) is 3.24. The fourth-order valence-electron chi connectivity index (χ4n) is 3.67. The lowest BCUT2D eigenvalue weighted by Crippen LogP contribution is -2.50. The Morgan fingerprint density at radius 3 is 2.39 bits per heavy atom. The van der Waals surface area contributed by atoms with Crippen molar-refractivity contribution < 1.29 is 4.79 Å². The van der Waals surface area contributed by atoms with Crippen LogP contribution in [-0.4, -0.2) is 56.5 Å². The second kappa shape index (κ2) is 7.80. The lowest BCUT2D eigenvalue weighted by Gasteiger charge is -2.37. The summed E-state index contributed by atoms with van der Waals surface area (Å²) in [4.78, 5) is 30.5. The topological polar surface area (TPSA) is 67.2 Å². The lowest BCUT2D eigenvalue weighted by atomic mass is 10.2. The summed E-state index contributed by atoms with van der Waals surface area (Å²) >= 11 is 0. The van der Waals surface area contributed by atoms with Crippen molar-refractivity contribution in [3.05, 3.63) is 60.8 Å². The molecule has 1 fully saturated rings. The molecule has 0 radical (unpaired) electrons. The van der Waals surface area contributed by atoms with Crippen LogP contribution in [0.15, 0.2) is 55.1 Å². The number of carbonyl (C=O) groups excluding carboxylic acids is 1. The Morgan fingerprint density at radius 1 is 0.964 bits per heavy atom. The Hall–Kier alpha value is -3.22. The average molecular weight is 376 g/mol. The number of nitrogens with zero attached hydrogens (tertiary/aromatic N) is 6. The molecule has 0 N–H and O–H groups in total. The third-order valence-corrected chi connectivity index (χ3v) is 5.22. The molecule has 3 heterocycles. The van der Waals surface area contributed by atoms with Crippen LogP contribution < -0.4 is 4.90 Å². The van der Waals surface area contributed by atoms with Crippen LogP contribution in [0.2, 0.25) is 0 Å². The van der Waals surface area contributed by atoms with E-state index in [-0.39, 0.29) is 11.9 Å². The number of benzene rings is 1. The standard InChI is InChI=1S/C21H24N6O/c1-16-19(23-9-8-22-16)25-12-14-26(15-13-25)21(28)17(2)27-11-10-24-20(27)18-6-4-3-5-7-18/h3-11,17H,12-15H2,1-2H3. The zero-order chi connectivity index (χ0) is 19.5. The summed E-state index contributed by atoms with van der Waals surface area (Å²) in [7, 11) is 0. The number of aryl methyl sites for hydroxylation is 1. The van der Waals surface area contributed by atoms with Crippen LogP contribution in [0.4, 0.5) is 5.82 Å². The summed E-state index contributed by atoms with van der Waals surface area (Å²) in [6.07, 6.45) is 7.05. The van der Waals surface area contributed by atoms with Crippen molar-refractivity contribution in [2.45, 2.75) is 19.9 Å². The smallest absolute Gasteiger partial charge is 0.245 e. The highest BCUT2D eigenvalue weighted by Gasteiger charge is 2.28. The largest absolute Gasteiger partial charge is 0.352 e. The second-order valence-corrected chi connectivity index (χ2v) is 6.98. The maximum Gasteiger partial charge on any atom is 0.245 e. The monoisotopic (exact) mass is 376 g/mol. The molecule has 0 bridgehead atoms. The van der Waals surface area contributed by atoms with Gasteiger partial charge >= 0.3 is 0 Å². The van der Waals surface area contributed by atoms with E-state index >= 15 is 0 Å². The molecule has 1 aliphatic rings. The molecule has 7 nitrogen and oxygen atoms in total. The molecule has 1 amide bonds. The summed E-state index contributed by atoms with van der Waals surface area (Å²) in [6.45, 7) is 6.77. The number of piperazine rings is 1. The molecule has 1 aromatic carbocycles. The summed E-state index contributed by atoms with van der Waals surface area (Å²) in [6, 6.07) is 9.66. The molecule has 7 heteroatoms. The van der Waals surface area contributed by atoms with Crippen molar-refractivity contribution in [3.63, 3.8) is 0 Å². The van der Waals surface area contributed by atoms with Crippen molar-refractivity contribution in [1.29, 1.82) is 0 Å². The van der Waals surface area contributed by atoms with Gasteiger partial charge in [0.05, 0.1) is 5.69 Å². The Bertz CT molecular complexity index is 946. The molecule has 0 spiro atoms. The quantitative estimate of drug-likeness (QED) is 0.700. The van der Waals surface area contributed by atoms with E-state index in [1.54, 1.807) is 18.6 Å². The Kier molecular flexibility index (Phi) is 5.06. The molecule has 144 valence electrons. The Morgan fingerprint density at radius 2 is 1.68 bits per heavy atom. The van der Waals surface area contributed by atoms with Crippen molar-refractivity contribution in [1.82, 2.24) is 24.4 Å². The first-order chi connectivity index (χ1) is 13.6. The number of aromatic nitrogens is 4. The van der Waals surface area contributed by atoms with E-state index in [9.17, 15) is 4.79 Å². The van der Waals surface area contributed by atoms with Gasteiger partial charge in [-0.3, -0.25) is 9.78 Å². The summed E-state index contributed by atoms with van der Waals surface area (Å²) in [5.74, 6) is 1.84. The van der Waals surface area contributed by atoms with Crippen LogP contribution in [-0.2, 0) is 4.79 Å². The van der Waals surface area contributed by atoms with Crippen LogP contribution in [0.1, 0.15) is 18.7 Å². The van der Waals surface area contributed by atoms with Crippen LogP contribution in [0, 0.1) is 6.92 Å². The number of hydrogen-bond acceptors (Lipinski definition) is 5. The lowest BCUT2D eigenvalue weighted by molar-refractivity contribution is -0.134. The third-order valence-electron chi connectivity index (χ3n) is 5.22. The number of amides is 1. The summed E-state index contributed by atoms with van der Waals surface area (Å²) in [5.41, 5.74) is 1.93. The van der Waals surface area contributed by atoms with Gasteiger partial charge in [0.15, 0.2) is 0 Å². The van der Waals surface area contributed by atoms with E-state index < -0.39 is 0 Å². The number of rotatable bonds is 4. The molecule has 2 aromatic heterocycles. The number of anilines is 1. The molecular weight excluding hydrogens is 352 g/mol. The molecule has 1 saturated heterocycles. The van der Waals surface area contributed by atoms with Gasteiger partial charge in [0.1, 0.15) is 17.7 Å². The minimum absolute atomic E-state index is 0.116.